The quantitative estimate of drug-likeness (QED) is 0.907. The number of hydrogen-bond donors (Lipinski definition) is 1. The van der Waals surface area contributed by atoms with Gasteiger partial charge in [-0.25, -0.2) is 4.39 Å². The van der Waals surface area contributed by atoms with Gasteiger partial charge in [0.05, 0.1) is 5.69 Å². The topological polar surface area (TPSA) is 15.3 Å². The van der Waals surface area contributed by atoms with Crippen LogP contribution in [-0.4, -0.2) is 25.2 Å². The van der Waals surface area contributed by atoms with Gasteiger partial charge in [-0.15, -0.1) is 0 Å². The Morgan fingerprint density at radius 1 is 1.53 bits per heavy atom. The molecule has 1 N–H and O–H groups in total. The first-order chi connectivity index (χ1) is 9.02. The molecule has 0 spiro atoms. The Hall–Kier alpha value is -0.610. The molecule has 1 saturated heterocycles. The lowest BCUT2D eigenvalue weighted by Gasteiger charge is -2.42. The third kappa shape index (κ3) is 3.29. The summed E-state index contributed by atoms with van der Waals surface area (Å²) in [4.78, 5) is 2.37. The van der Waals surface area contributed by atoms with E-state index in [0.29, 0.717) is 18.0 Å². The van der Waals surface area contributed by atoms with Gasteiger partial charge in [0, 0.05) is 29.6 Å². The van der Waals surface area contributed by atoms with Crippen molar-refractivity contribution in [3.05, 3.63) is 28.5 Å². The number of anilines is 1. The van der Waals surface area contributed by atoms with Crippen LogP contribution in [0, 0.1) is 11.7 Å². The molecule has 0 aliphatic carbocycles. The van der Waals surface area contributed by atoms with Crippen molar-refractivity contribution in [2.24, 2.45) is 5.92 Å². The fraction of sp³-hybridized carbons (Fsp3) is 0.600. The molecule has 0 amide bonds. The highest BCUT2D eigenvalue weighted by Crippen LogP contribution is 2.30. The van der Waals surface area contributed by atoms with E-state index in [1.54, 1.807) is 6.07 Å². The van der Waals surface area contributed by atoms with Gasteiger partial charge >= 0.3 is 0 Å². The molecule has 106 valence electrons. The van der Waals surface area contributed by atoms with Crippen LogP contribution in [0.15, 0.2) is 22.7 Å². The van der Waals surface area contributed by atoms with Crippen molar-refractivity contribution >= 4 is 21.6 Å². The van der Waals surface area contributed by atoms with E-state index in [2.05, 4.69) is 46.9 Å². The summed E-state index contributed by atoms with van der Waals surface area (Å²) in [5, 5.41) is 3.62. The van der Waals surface area contributed by atoms with Crippen LogP contribution in [0.3, 0.4) is 0 Å². The molecule has 0 radical (unpaired) electrons. The number of piperazine rings is 1. The Labute approximate surface area is 123 Å². The zero-order chi connectivity index (χ0) is 14.0. The van der Waals surface area contributed by atoms with Gasteiger partial charge in [0.15, 0.2) is 0 Å². The van der Waals surface area contributed by atoms with Crippen LogP contribution >= 0.6 is 15.9 Å². The predicted molar refractivity (Wildman–Crippen MR) is 82.2 cm³/mol. The van der Waals surface area contributed by atoms with Gasteiger partial charge in [-0.2, -0.15) is 0 Å². The molecule has 1 fully saturated rings. The number of halogens is 2. The molecule has 3 atom stereocenters. The summed E-state index contributed by atoms with van der Waals surface area (Å²) in [5.74, 6) is 0.450. The number of nitrogens with one attached hydrogen (secondary N) is 1. The van der Waals surface area contributed by atoms with Crippen LogP contribution < -0.4 is 10.2 Å². The Bertz CT molecular complexity index is 438. The maximum Gasteiger partial charge on any atom is 0.124 e. The van der Waals surface area contributed by atoms with Gasteiger partial charge in [0.25, 0.3) is 0 Å². The highest BCUT2D eigenvalue weighted by molar-refractivity contribution is 9.10. The lowest BCUT2D eigenvalue weighted by molar-refractivity contribution is 0.315. The van der Waals surface area contributed by atoms with Crippen molar-refractivity contribution in [3.8, 4) is 0 Å². The van der Waals surface area contributed by atoms with Crippen molar-refractivity contribution < 1.29 is 4.39 Å². The van der Waals surface area contributed by atoms with E-state index in [1.807, 2.05) is 6.07 Å². The Morgan fingerprint density at radius 2 is 2.26 bits per heavy atom. The molecule has 1 aliphatic rings. The second-order valence-corrected chi connectivity index (χ2v) is 6.35. The van der Waals surface area contributed by atoms with Crippen LogP contribution in [-0.2, 0) is 0 Å². The SMILES string of the molecule is CCC(C)C1CN(c2ccc(F)cc2Br)C(C)CN1. The van der Waals surface area contributed by atoms with Gasteiger partial charge in [-0.3, -0.25) is 0 Å². The maximum atomic E-state index is 13.2. The number of benzene rings is 1. The molecule has 0 saturated carbocycles. The first-order valence-electron chi connectivity index (χ1n) is 6.98. The second kappa shape index (κ2) is 6.23. The van der Waals surface area contributed by atoms with Gasteiger partial charge in [0.2, 0.25) is 0 Å². The van der Waals surface area contributed by atoms with Crippen molar-refractivity contribution in [2.75, 3.05) is 18.0 Å². The summed E-state index contributed by atoms with van der Waals surface area (Å²) >= 11 is 3.48. The summed E-state index contributed by atoms with van der Waals surface area (Å²) in [7, 11) is 0. The first kappa shape index (κ1) is 14.8. The maximum absolute atomic E-state index is 13.2. The van der Waals surface area contributed by atoms with E-state index in [0.717, 1.165) is 23.2 Å². The van der Waals surface area contributed by atoms with Crippen molar-refractivity contribution in [1.82, 2.24) is 5.32 Å². The highest BCUT2D eigenvalue weighted by atomic mass is 79.9. The minimum absolute atomic E-state index is 0.197. The van der Waals surface area contributed by atoms with Gasteiger partial charge in [-0.05, 0) is 47.0 Å². The fourth-order valence-electron chi connectivity index (χ4n) is 2.60. The third-order valence-electron chi connectivity index (χ3n) is 4.15. The Morgan fingerprint density at radius 3 is 2.89 bits per heavy atom. The van der Waals surface area contributed by atoms with E-state index < -0.39 is 0 Å². The van der Waals surface area contributed by atoms with Gasteiger partial charge < -0.3 is 10.2 Å². The molecule has 3 unspecified atom stereocenters. The van der Waals surface area contributed by atoms with E-state index in [9.17, 15) is 4.39 Å². The zero-order valence-corrected chi connectivity index (χ0v) is 13.4. The van der Waals surface area contributed by atoms with Crippen LogP contribution in [0.4, 0.5) is 10.1 Å². The largest absolute Gasteiger partial charge is 0.365 e. The molecule has 1 aromatic rings. The lowest BCUT2D eigenvalue weighted by atomic mass is 9.95. The Kier molecular flexibility index (Phi) is 4.85. The fourth-order valence-corrected chi connectivity index (χ4v) is 3.18. The van der Waals surface area contributed by atoms with E-state index in [4.69, 9.17) is 0 Å². The first-order valence-corrected chi connectivity index (χ1v) is 7.77. The molecule has 1 heterocycles. The van der Waals surface area contributed by atoms with Gasteiger partial charge in [-0.1, -0.05) is 20.3 Å². The summed E-state index contributed by atoms with van der Waals surface area (Å²) in [6.07, 6.45) is 1.17. The molecule has 2 rings (SSSR count). The molecule has 0 bridgehead atoms. The number of hydrogen-bond acceptors (Lipinski definition) is 2. The van der Waals surface area contributed by atoms with Crippen molar-refractivity contribution in [3.63, 3.8) is 0 Å². The van der Waals surface area contributed by atoms with Crippen LogP contribution in [0.1, 0.15) is 27.2 Å². The summed E-state index contributed by atoms with van der Waals surface area (Å²) in [5.41, 5.74) is 1.09. The van der Waals surface area contributed by atoms with E-state index in [1.165, 1.54) is 12.5 Å². The average Bonchev–Trinajstić information content (AvgIpc) is 2.39. The van der Waals surface area contributed by atoms with E-state index >= 15 is 0 Å². The third-order valence-corrected chi connectivity index (χ3v) is 4.79. The molecule has 1 aromatic carbocycles. The molecule has 4 heteroatoms. The normalized spacial score (nSPS) is 25.4. The van der Waals surface area contributed by atoms with Crippen LogP contribution in [0.5, 0.6) is 0 Å². The number of rotatable bonds is 3. The summed E-state index contributed by atoms with van der Waals surface area (Å²) < 4.78 is 14.0. The predicted octanol–water partition coefficient (Wildman–Crippen LogP) is 3.80. The molecule has 0 aromatic heterocycles. The lowest BCUT2D eigenvalue weighted by Crippen LogP contribution is -2.57. The Balaban J connectivity index is 2.21. The molecular weight excluding hydrogens is 307 g/mol. The minimum atomic E-state index is -0.197. The standard InChI is InChI=1S/C15H22BrFN2/c1-4-10(2)14-9-19(11(3)8-18-14)15-6-5-12(17)7-13(15)16/h5-7,10-11,14,18H,4,8-9H2,1-3H3. The minimum Gasteiger partial charge on any atom is -0.365 e. The second-order valence-electron chi connectivity index (χ2n) is 5.50. The average molecular weight is 329 g/mol. The van der Waals surface area contributed by atoms with E-state index in [-0.39, 0.29) is 5.82 Å². The van der Waals surface area contributed by atoms with Crippen LogP contribution in [0.2, 0.25) is 0 Å². The summed E-state index contributed by atoms with van der Waals surface area (Å²) in [6, 6.07) is 5.87. The molecule has 2 nitrogen and oxygen atoms in total. The molecule has 1 aliphatic heterocycles. The highest BCUT2D eigenvalue weighted by Gasteiger charge is 2.28. The summed E-state index contributed by atoms with van der Waals surface area (Å²) in [6.45, 7) is 8.66. The van der Waals surface area contributed by atoms with Crippen LogP contribution in [0.25, 0.3) is 0 Å². The zero-order valence-electron chi connectivity index (χ0n) is 11.8. The van der Waals surface area contributed by atoms with Crippen molar-refractivity contribution in [2.45, 2.75) is 39.3 Å². The molecular formula is C15H22BrFN2. The smallest absolute Gasteiger partial charge is 0.124 e. The van der Waals surface area contributed by atoms with Crippen molar-refractivity contribution in [1.29, 1.82) is 0 Å². The molecule has 19 heavy (non-hydrogen) atoms. The number of nitrogens with zero attached hydrogens (tertiary/aromatic N) is 1. The van der Waals surface area contributed by atoms with Gasteiger partial charge in [0.1, 0.15) is 5.82 Å². The monoisotopic (exact) mass is 328 g/mol.